The van der Waals surface area contributed by atoms with Crippen LogP contribution in [0.3, 0.4) is 0 Å². The lowest BCUT2D eigenvalue weighted by Gasteiger charge is -2.47. The summed E-state index contributed by atoms with van der Waals surface area (Å²) < 4.78 is 12.5. The molecule has 2 saturated carbocycles. The van der Waals surface area contributed by atoms with E-state index in [2.05, 4.69) is 41.5 Å². The molecule has 0 amide bonds. The SMILES string of the molecule is CCC(C)CC(C)(C)OC1CCC(C(C)(C)C2CCC(OCC(C)O)CC2)CC1. The van der Waals surface area contributed by atoms with Gasteiger partial charge in [0.05, 0.1) is 30.5 Å². The van der Waals surface area contributed by atoms with Crippen molar-refractivity contribution in [2.45, 2.75) is 137 Å². The molecule has 29 heavy (non-hydrogen) atoms. The van der Waals surface area contributed by atoms with Gasteiger partial charge in [0.2, 0.25) is 0 Å². The molecule has 0 aromatic heterocycles. The van der Waals surface area contributed by atoms with Crippen LogP contribution in [0, 0.1) is 23.2 Å². The number of rotatable bonds is 10. The highest BCUT2D eigenvalue weighted by Crippen LogP contribution is 2.49. The fourth-order valence-electron chi connectivity index (χ4n) is 5.99. The van der Waals surface area contributed by atoms with Crippen LogP contribution in [-0.4, -0.2) is 35.6 Å². The molecule has 3 heteroatoms. The summed E-state index contributed by atoms with van der Waals surface area (Å²) in [4.78, 5) is 0. The Bertz CT molecular complexity index is 455. The predicted molar refractivity (Wildman–Crippen MR) is 122 cm³/mol. The predicted octanol–water partition coefficient (Wildman–Crippen LogP) is 6.76. The number of aliphatic hydroxyl groups is 1. The first kappa shape index (κ1) is 25.1. The summed E-state index contributed by atoms with van der Waals surface area (Å²) in [5.41, 5.74) is 0.416. The lowest BCUT2D eigenvalue weighted by molar-refractivity contribution is -0.108. The van der Waals surface area contributed by atoms with E-state index in [0.29, 0.717) is 24.2 Å². The molecular formula is C26H50O3. The average Bonchev–Trinajstić information content (AvgIpc) is 2.66. The average molecular weight is 411 g/mol. The van der Waals surface area contributed by atoms with Crippen LogP contribution >= 0.6 is 0 Å². The van der Waals surface area contributed by atoms with Crippen LogP contribution < -0.4 is 0 Å². The number of ether oxygens (including phenoxy) is 2. The third-order valence-corrected chi connectivity index (χ3v) is 8.05. The van der Waals surface area contributed by atoms with Crippen LogP contribution in [0.25, 0.3) is 0 Å². The Balaban J connectivity index is 1.78. The molecule has 3 nitrogen and oxygen atoms in total. The van der Waals surface area contributed by atoms with Crippen molar-refractivity contribution in [1.29, 1.82) is 0 Å². The van der Waals surface area contributed by atoms with E-state index in [9.17, 15) is 5.11 Å². The first-order valence-corrected chi connectivity index (χ1v) is 12.5. The molecule has 172 valence electrons. The Morgan fingerprint density at radius 3 is 1.76 bits per heavy atom. The number of aliphatic hydroxyl groups excluding tert-OH is 1. The minimum absolute atomic E-state index is 0.00684. The molecule has 2 unspecified atom stereocenters. The van der Waals surface area contributed by atoms with Crippen LogP contribution in [0.15, 0.2) is 0 Å². The molecule has 0 saturated heterocycles. The largest absolute Gasteiger partial charge is 0.391 e. The standard InChI is InChI=1S/C26H50O3/c1-8-19(2)17-25(4,5)29-24-15-11-22(12-16-24)26(6,7)21-9-13-23(14-10-21)28-18-20(3)27/h19-24,27H,8-18H2,1-7H3. The van der Waals surface area contributed by atoms with Gasteiger partial charge < -0.3 is 14.6 Å². The Morgan fingerprint density at radius 2 is 1.31 bits per heavy atom. The van der Waals surface area contributed by atoms with Gasteiger partial charge in [-0.05, 0) is 102 Å². The summed E-state index contributed by atoms with van der Waals surface area (Å²) in [6.07, 6.45) is 12.8. The van der Waals surface area contributed by atoms with E-state index in [0.717, 1.165) is 37.0 Å². The lowest BCUT2D eigenvalue weighted by Crippen LogP contribution is -2.40. The van der Waals surface area contributed by atoms with Crippen molar-refractivity contribution in [3.05, 3.63) is 0 Å². The second-order valence-corrected chi connectivity index (χ2v) is 11.5. The van der Waals surface area contributed by atoms with Crippen LogP contribution in [-0.2, 0) is 9.47 Å². The van der Waals surface area contributed by atoms with Gasteiger partial charge >= 0.3 is 0 Å². The van der Waals surface area contributed by atoms with Crippen molar-refractivity contribution in [3.63, 3.8) is 0 Å². The highest BCUT2D eigenvalue weighted by molar-refractivity contribution is 4.91. The first-order valence-electron chi connectivity index (χ1n) is 12.5. The van der Waals surface area contributed by atoms with Crippen molar-refractivity contribution in [2.75, 3.05) is 6.61 Å². The first-order chi connectivity index (χ1) is 13.5. The quantitative estimate of drug-likeness (QED) is 0.432. The van der Waals surface area contributed by atoms with Gasteiger partial charge in [-0.2, -0.15) is 0 Å². The van der Waals surface area contributed by atoms with E-state index in [1.165, 1.54) is 44.9 Å². The molecule has 1 N–H and O–H groups in total. The zero-order valence-electron chi connectivity index (χ0n) is 20.5. The van der Waals surface area contributed by atoms with Gasteiger partial charge in [0.1, 0.15) is 0 Å². The number of hydrogen-bond acceptors (Lipinski definition) is 3. The Morgan fingerprint density at radius 1 is 0.828 bits per heavy atom. The van der Waals surface area contributed by atoms with E-state index in [4.69, 9.17) is 9.47 Å². The lowest BCUT2D eigenvalue weighted by atomic mass is 9.60. The monoisotopic (exact) mass is 410 g/mol. The van der Waals surface area contributed by atoms with Crippen LogP contribution in [0.1, 0.15) is 113 Å². The van der Waals surface area contributed by atoms with Gasteiger partial charge in [-0.25, -0.2) is 0 Å². The summed E-state index contributed by atoms with van der Waals surface area (Å²) in [5, 5.41) is 9.45. The van der Waals surface area contributed by atoms with Crippen LogP contribution in [0.2, 0.25) is 0 Å². The maximum Gasteiger partial charge on any atom is 0.0745 e. The molecule has 0 radical (unpaired) electrons. The van der Waals surface area contributed by atoms with E-state index in [-0.39, 0.29) is 11.7 Å². The Hall–Kier alpha value is -0.120. The molecule has 2 aliphatic rings. The summed E-state index contributed by atoms with van der Waals surface area (Å²) in [6, 6.07) is 0. The van der Waals surface area contributed by atoms with Gasteiger partial charge in [0.25, 0.3) is 0 Å². The molecule has 0 bridgehead atoms. The normalized spacial score (nSPS) is 31.4. The van der Waals surface area contributed by atoms with E-state index in [1.54, 1.807) is 6.92 Å². The highest BCUT2D eigenvalue weighted by Gasteiger charge is 2.41. The van der Waals surface area contributed by atoms with E-state index in [1.807, 2.05) is 0 Å². The Labute approximate surface area is 181 Å². The molecule has 0 aromatic carbocycles. The molecule has 2 aliphatic carbocycles. The second-order valence-electron chi connectivity index (χ2n) is 11.5. The molecule has 0 aromatic rings. The Kier molecular flexibility index (Phi) is 9.50. The minimum atomic E-state index is -0.350. The van der Waals surface area contributed by atoms with Crippen LogP contribution in [0.4, 0.5) is 0 Å². The summed E-state index contributed by atoms with van der Waals surface area (Å²) >= 11 is 0. The second kappa shape index (κ2) is 11.0. The molecule has 0 aliphatic heterocycles. The highest BCUT2D eigenvalue weighted by atomic mass is 16.5. The minimum Gasteiger partial charge on any atom is -0.391 e. The smallest absolute Gasteiger partial charge is 0.0745 e. The van der Waals surface area contributed by atoms with Gasteiger partial charge in [-0.1, -0.05) is 34.1 Å². The van der Waals surface area contributed by atoms with Gasteiger partial charge in [0.15, 0.2) is 0 Å². The summed E-state index contributed by atoms with van der Waals surface area (Å²) in [6.45, 7) is 16.5. The fraction of sp³-hybridized carbons (Fsp3) is 1.00. The fourth-order valence-corrected chi connectivity index (χ4v) is 5.99. The van der Waals surface area contributed by atoms with Crippen molar-refractivity contribution in [3.8, 4) is 0 Å². The topological polar surface area (TPSA) is 38.7 Å². The van der Waals surface area contributed by atoms with Crippen molar-refractivity contribution in [2.24, 2.45) is 23.2 Å². The van der Waals surface area contributed by atoms with E-state index >= 15 is 0 Å². The maximum absolute atomic E-state index is 9.45. The molecule has 2 rings (SSSR count). The third-order valence-electron chi connectivity index (χ3n) is 8.05. The van der Waals surface area contributed by atoms with Gasteiger partial charge in [-0.15, -0.1) is 0 Å². The van der Waals surface area contributed by atoms with Crippen molar-refractivity contribution >= 4 is 0 Å². The molecule has 2 fully saturated rings. The number of hydrogen-bond donors (Lipinski definition) is 1. The zero-order valence-corrected chi connectivity index (χ0v) is 20.5. The summed E-state index contributed by atoms with van der Waals surface area (Å²) in [7, 11) is 0. The maximum atomic E-state index is 9.45. The third kappa shape index (κ3) is 7.82. The molecule has 2 atom stereocenters. The van der Waals surface area contributed by atoms with Gasteiger partial charge in [0, 0.05) is 0 Å². The molecule has 0 spiro atoms. The molecule has 0 heterocycles. The van der Waals surface area contributed by atoms with Crippen LogP contribution in [0.5, 0.6) is 0 Å². The van der Waals surface area contributed by atoms with Crippen molar-refractivity contribution in [1.82, 2.24) is 0 Å². The van der Waals surface area contributed by atoms with E-state index < -0.39 is 0 Å². The van der Waals surface area contributed by atoms with Gasteiger partial charge in [-0.3, -0.25) is 0 Å². The summed E-state index contributed by atoms with van der Waals surface area (Å²) in [5.74, 6) is 2.36. The molecular weight excluding hydrogens is 360 g/mol. The zero-order chi connectivity index (χ0) is 21.7. The van der Waals surface area contributed by atoms with Crippen molar-refractivity contribution < 1.29 is 14.6 Å².